The molecule has 1 amide bonds. The van der Waals surface area contributed by atoms with Gasteiger partial charge in [-0.2, -0.15) is 0 Å². The smallest absolute Gasteiger partial charge is 0.258 e. The highest BCUT2D eigenvalue weighted by molar-refractivity contribution is 6.33. The number of nitrogens with two attached hydrogens (primary N) is 1. The van der Waals surface area contributed by atoms with E-state index in [4.69, 9.17) is 22.1 Å². The number of benzene rings is 2. The lowest BCUT2D eigenvalue weighted by Gasteiger charge is -2.15. The number of para-hydroxylation sites is 1. The van der Waals surface area contributed by atoms with Crippen molar-refractivity contribution in [3.8, 4) is 16.9 Å². The molecule has 0 bridgehead atoms. The molecular formula is C15H14ClNO2. The summed E-state index contributed by atoms with van der Waals surface area (Å²) in [5.41, 5.74) is 6.90. The van der Waals surface area contributed by atoms with Gasteiger partial charge >= 0.3 is 0 Å². The van der Waals surface area contributed by atoms with Gasteiger partial charge in [-0.15, -0.1) is 0 Å². The summed E-state index contributed by atoms with van der Waals surface area (Å²) in [6.45, 7) is 1.62. The Balaban J connectivity index is 2.42. The van der Waals surface area contributed by atoms with Crippen LogP contribution in [-0.2, 0) is 4.79 Å². The van der Waals surface area contributed by atoms with Crippen molar-refractivity contribution in [3.05, 3.63) is 53.6 Å². The average Bonchev–Trinajstić information content (AvgIpc) is 2.40. The van der Waals surface area contributed by atoms with Gasteiger partial charge in [0.2, 0.25) is 0 Å². The van der Waals surface area contributed by atoms with Gasteiger partial charge in [0, 0.05) is 16.1 Å². The summed E-state index contributed by atoms with van der Waals surface area (Å²) in [4.78, 5) is 11.1. The second-order valence-corrected chi connectivity index (χ2v) is 4.55. The predicted octanol–water partition coefficient (Wildman–Crippen LogP) is 3.26. The molecule has 4 heteroatoms. The van der Waals surface area contributed by atoms with E-state index in [9.17, 15) is 4.79 Å². The molecule has 0 saturated carbocycles. The molecule has 2 rings (SSSR count). The van der Waals surface area contributed by atoms with Crippen LogP contribution in [0.5, 0.6) is 5.75 Å². The summed E-state index contributed by atoms with van der Waals surface area (Å²) in [5, 5.41) is 0.630. The maximum Gasteiger partial charge on any atom is 0.258 e. The van der Waals surface area contributed by atoms with Gasteiger partial charge in [-0.3, -0.25) is 4.79 Å². The molecule has 98 valence electrons. The van der Waals surface area contributed by atoms with E-state index >= 15 is 0 Å². The Hall–Kier alpha value is -2.00. The molecule has 0 heterocycles. The Bertz CT molecular complexity index is 598. The van der Waals surface area contributed by atoms with Crippen LogP contribution in [0.1, 0.15) is 6.92 Å². The third-order valence-electron chi connectivity index (χ3n) is 2.76. The predicted molar refractivity (Wildman–Crippen MR) is 76.2 cm³/mol. The summed E-state index contributed by atoms with van der Waals surface area (Å²) in [7, 11) is 0. The molecule has 0 aliphatic heterocycles. The Kier molecular flexibility index (Phi) is 4.07. The van der Waals surface area contributed by atoms with Gasteiger partial charge < -0.3 is 10.5 Å². The fourth-order valence-electron chi connectivity index (χ4n) is 1.72. The van der Waals surface area contributed by atoms with Crippen LogP contribution < -0.4 is 10.5 Å². The molecule has 0 saturated heterocycles. The minimum Gasteiger partial charge on any atom is -0.480 e. The largest absolute Gasteiger partial charge is 0.480 e. The number of amides is 1. The van der Waals surface area contributed by atoms with Gasteiger partial charge in [0.1, 0.15) is 5.75 Å². The minimum atomic E-state index is -0.691. The van der Waals surface area contributed by atoms with E-state index in [-0.39, 0.29) is 0 Å². The number of hydrogen-bond donors (Lipinski definition) is 1. The van der Waals surface area contributed by atoms with Crippen LogP contribution in [0.4, 0.5) is 0 Å². The third kappa shape index (κ3) is 3.06. The van der Waals surface area contributed by atoms with Crippen LogP contribution in [0.25, 0.3) is 11.1 Å². The Labute approximate surface area is 117 Å². The van der Waals surface area contributed by atoms with E-state index in [0.717, 1.165) is 11.1 Å². The highest BCUT2D eigenvalue weighted by atomic mass is 35.5. The zero-order valence-corrected chi connectivity index (χ0v) is 11.2. The Morgan fingerprint density at radius 1 is 1.11 bits per heavy atom. The summed E-state index contributed by atoms with van der Waals surface area (Å²) in [6.07, 6.45) is -0.691. The first kappa shape index (κ1) is 13.4. The zero-order valence-electron chi connectivity index (χ0n) is 10.5. The van der Waals surface area contributed by atoms with Crippen molar-refractivity contribution in [2.75, 3.05) is 0 Å². The van der Waals surface area contributed by atoms with Crippen LogP contribution in [0.2, 0.25) is 5.02 Å². The van der Waals surface area contributed by atoms with Crippen LogP contribution >= 0.6 is 11.6 Å². The summed E-state index contributed by atoms with van der Waals surface area (Å²) in [6, 6.07) is 14.9. The van der Waals surface area contributed by atoms with Crippen molar-refractivity contribution in [2.45, 2.75) is 13.0 Å². The van der Waals surface area contributed by atoms with Crippen molar-refractivity contribution >= 4 is 17.5 Å². The van der Waals surface area contributed by atoms with Gasteiger partial charge in [-0.1, -0.05) is 48.0 Å². The van der Waals surface area contributed by atoms with Crippen LogP contribution in [0.15, 0.2) is 48.5 Å². The molecule has 2 aromatic carbocycles. The second kappa shape index (κ2) is 5.76. The van der Waals surface area contributed by atoms with E-state index in [1.807, 2.05) is 42.5 Å². The number of primary amides is 1. The molecule has 0 aromatic heterocycles. The van der Waals surface area contributed by atoms with E-state index < -0.39 is 12.0 Å². The van der Waals surface area contributed by atoms with E-state index in [1.54, 1.807) is 13.0 Å². The fraction of sp³-hybridized carbons (Fsp3) is 0.133. The molecule has 0 aliphatic rings. The summed E-state index contributed by atoms with van der Waals surface area (Å²) in [5.74, 6) is 0.0795. The standard InChI is InChI=1S/C15H14ClNO2/c1-10(15(17)18)19-14-9-5-3-7-12(14)11-6-2-4-8-13(11)16/h2-10H,1H3,(H2,17,18)/t10-/m1/s1. The molecule has 0 radical (unpaired) electrons. The quantitative estimate of drug-likeness (QED) is 0.931. The molecule has 2 N–H and O–H groups in total. The van der Waals surface area contributed by atoms with E-state index in [1.165, 1.54) is 0 Å². The molecule has 19 heavy (non-hydrogen) atoms. The van der Waals surface area contributed by atoms with E-state index in [0.29, 0.717) is 10.8 Å². The molecule has 0 unspecified atom stereocenters. The molecule has 3 nitrogen and oxygen atoms in total. The average molecular weight is 276 g/mol. The Morgan fingerprint density at radius 2 is 1.68 bits per heavy atom. The van der Waals surface area contributed by atoms with Crippen molar-refractivity contribution in [2.24, 2.45) is 5.73 Å². The van der Waals surface area contributed by atoms with Crippen molar-refractivity contribution < 1.29 is 9.53 Å². The molecule has 0 fully saturated rings. The molecular weight excluding hydrogens is 262 g/mol. The lowest BCUT2D eigenvalue weighted by atomic mass is 10.0. The van der Waals surface area contributed by atoms with Crippen LogP contribution in [-0.4, -0.2) is 12.0 Å². The maximum atomic E-state index is 11.1. The molecule has 0 spiro atoms. The number of ether oxygens (including phenoxy) is 1. The van der Waals surface area contributed by atoms with Gasteiger partial charge in [-0.25, -0.2) is 0 Å². The SMILES string of the molecule is C[C@@H](Oc1ccccc1-c1ccccc1Cl)C(N)=O. The second-order valence-electron chi connectivity index (χ2n) is 4.14. The number of halogens is 1. The molecule has 2 aromatic rings. The topological polar surface area (TPSA) is 52.3 Å². The summed E-state index contributed by atoms with van der Waals surface area (Å²) < 4.78 is 5.58. The van der Waals surface area contributed by atoms with Gasteiger partial charge in [-0.05, 0) is 19.1 Å². The van der Waals surface area contributed by atoms with Crippen molar-refractivity contribution in [3.63, 3.8) is 0 Å². The fourth-order valence-corrected chi connectivity index (χ4v) is 1.96. The summed E-state index contributed by atoms with van der Waals surface area (Å²) >= 11 is 6.18. The van der Waals surface area contributed by atoms with Crippen molar-refractivity contribution in [1.82, 2.24) is 0 Å². The lowest BCUT2D eigenvalue weighted by Crippen LogP contribution is -2.30. The number of hydrogen-bond acceptors (Lipinski definition) is 2. The van der Waals surface area contributed by atoms with Gasteiger partial charge in [0.15, 0.2) is 6.10 Å². The van der Waals surface area contributed by atoms with Gasteiger partial charge in [0.25, 0.3) is 5.91 Å². The first-order chi connectivity index (χ1) is 9.09. The first-order valence-corrected chi connectivity index (χ1v) is 6.27. The maximum absolute atomic E-state index is 11.1. The first-order valence-electron chi connectivity index (χ1n) is 5.89. The molecule has 0 aliphatic carbocycles. The zero-order chi connectivity index (χ0) is 13.8. The molecule has 1 atom stereocenters. The van der Waals surface area contributed by atoms with E-state index in [2.05, 4.69) is 0 Å². The van der Waals surface area contributed by atoms with Crippen LogP contribution in [0.3, 0.4) is 0 Å². The van der Waals surface area contributed by atoms with Crippen LogP contribution in [0, 0.1) is 0 Å². The monoisotopic (exact) mass is 275 g/mol. The third-order valence-corrected chi connectivity index (χ3v) is 3.09. The highest BCUT2D eigenvalue weighted by Gasteiger charge is 2.14. The van der Waals surface area contributed by atoms with Gasteiger partial charge in [0.05, 0.1) is 0 Å². The number of carbonyl (C=O) groups excluding carboxylic acids is 1. The Morgan fingerprint density at radius 3 is 2.32 bits per heavy atom. The number of carbonyl (C=O) groups is 1. The minimum absolute atomic E-state index is 0.506. The highest BCUT2D eigenvalue weighted by Crippen LogP contribution is 2.34. The number of rotatable bonds is 4. The lowest BCUT2D eigenvalue weighted by molar-refractivity contribution is -0.123. The normalized spacial score (nSPS) is 11.9. The van der Waals surface area contributed by atoms with Crippen molar-refractivity contribution in [1.29, 1.82) is 0 Å².